The minimum Gasteiger partial charge on any atom is -0.320 e. The van der Waals surface area contributed by atoms with Crippen LogP contribution in [0.25, 0.3) is 0 Å². The van der Waals surface area contributed by atoms with Gasteiger partial charge < -0.3 is 5.73 Å². The van der Waals surface area contributed by atoms with E-state index in [-0.39, 0.29) is 6.04 Å². The summed E-state index contributed by atoms with van der Waals surface area (Å²) >= 11 is 4.06. The highest BCUT2D eigenvalue weighted by molar-refractivity contribution is 14.1. The van der Waals surface area contributed by atoms with Crippen LogP contribution in [0.2, 0.25) is 0 Å². The predicted octanol–water partition coefficient (Wildman–Crippen LogP) is 3.71. The molecule has 0 fully saturated rings. The first-order chi connectivity index (χ1) is 7.16. The maximum absolute atomic E-state index is 6.20. The highest BCUT2D eigenvalue weighted by Crippen LogP contribution is 2.25. The molecule has 3 heteroatoms. The topological polar surface area (TPSA) is 26.0 Å². The molecule has 1 unspecified atom stereocenters. The second-order valence-corrected chi connectivity index (χ2v) is 6.38. The van der Waals surface area contributed by atoms with Crippen molar-refractivity contribution in [3.05, 3.63) is 55.3 Å². The molecule has 0 aliphatic heterocycles. The van der Waals surface area contributed by atoms with Gasteiger partial charge in [0.15, 0.2) is 0 Å². The number of nitrogens with two attached hydrogens (primary N) is 1. The Morgan fingerprint density at radius 2 is 2.07 bits per heavy atom. The summed E-state index contributed by atoms with van der Waals surface area (Å²) in [6, 6.07) is 10.5. The second kappa shape index (κ2) is 4.63. The fourth-order valence-corrected chi connectivity index (χ4v) is 2.95. The predicted molar refractivity (Wildman–Crippen MR) is 74.2 cm³/mol. The van der Waals surface area contributed by atoms with E-state index in [1.807, 2.05) is 0 Å². The minimum absolute atomic E-state index is 0.00432. The largest absolute Gasteiger partial charge is 0.320 e. The third-order valence-electron chi connectivity index (χ3n) is 2.35. The van der Waals surface area contributed by atoms with E-state index < -0.39 is 0 Å². The van der Waals surface area contributed by atoms with Gasteiger partial charge in [0.2, 0.25) is 0 Å². The van der Waals surface area contributed by atoms with Gasteiger partial charge in [0.25, 0.3) is 0 Å². The first-order valence-corrected chi connectivity index (χ1v) is 6.69. The Labute approximate surface area is 107 Å². The fraction of sp³-hybridized carbons (Fsp3) is 0.167. The van der Waals surface area contributed by atoms with E-state index in [1.165, 1.54) is 19.6 Å². The van der Waals surface area contributed by atoms with Crippen molar-refractivity contribution in [1.82, 2.24) is 0 Å². The number of aryl methyl sites for hydroxylation is 1. The lowest BCUT2D eigenvalue weighted by Gasteiger charge is -2.10. The van der Waals surface area contributed by atoms with Gasteiger partial charge in [-0.15, -0.1) is 11.3 Å². The smallest absolute Gasteiger partial charge is 0.0656 e. The summed E-state index contributed by atoms with van der Waals surface area (Å²) in [6.45, 7) is 2.09. The molecule has 0 saturated carbocycles. The lowest BCUT2D eigenvalue weighted by molar-refractivity contribution is 0.874. The Morgan fingerprint density at radius 3 is 2.67 bits per heavy atom. The van der Waals surface area contributed by atoms with Gasteiger partial charge in [-0.2, -0.15) is 0 Å². The molecule has 0 radical (unpaired) electrons. The fourth-order valence-electron chi connectivity index (χ4n) is 1.54. The van der Waals surface area contributed by atoms with Gasteiger partial charge >= 0.3 is 0 Å². The van der Waals surface area contributed by atoms with Crippen molar-refractivity contribution in [2.45, 2.75) is 13.0 Å². The van der Waals surface area contributed by atoms with Crippen LogP contribution in [0.3, 0.4) is 0 Å². The molecule has 2 N–H and O–H groups in total. The number of hydrogen-bond acceptors (Lipinski definition) is 2. The highest BCUT2D eigenvalue weighted by Gasteiger charge is 2.10. The first kappa shape index (κ1) is 11.1. The Kier molecular flexibility index (Phi) is 3.43. The quantitative estimate of drug-likeness (QED) is 0.835. The number of hydrogen-bond donors (Lipinski definition) is 1. The average Bonchev–Trinajstić information content (AvgIpc) is 2.64. The van der Waals surface area contributed by atoms with E-state index in [4.69, 9.17) is 5.73 Å². The zero-order valence-corrected chi connectivity index (χ0v) is 11.4. The van der Waals surface area contributed by atoms with Gasteiger partial charge in [-0.1, -0.05) is 29.8 Å². The van der Waals surface area contributed by atoms with Crippen molar-refractivity contribution in [3.8, 4) is 0 Å². The van der Waals surface area contributed by atoms with Gasteiger partial charge in [0, 0.05) is 0 Å². The van der Waals surface area contributed by atoms with E-state index in [0.29, 0.717) is 0 Å². The van der Waals surface area contributed by atoms with Crippen molar-refractivity contribution in [1.29, 1.82) is 0 Å². The number of halogens is 1. The zero-order valence-electron chi connectivity index (χ0n) is 8.41. The molecule has 2 aromatic rings. The van der Waals surface area contributed by atoms with Gasteiger partial charge in [0.05, 0.1) is 8.93 Å². The number of benzene rings is 1. The molecule has 78 valence electrons. The molecule has 2 rings (SSSR count). The van der Waals surface area contributed by atoms with Crippen LogP contribution in [0.15, 0.2) is 35.7 Å². The van der Waals surface area contributed by atoms with Crippen LogP contribution >= 0.6 is 33.9 Å². The molecule has 1 heterocycles. The lowest BCUT2D eigenvalue weighted by Crippen LogP contribution is -2.10. The third kappa shape index (κ3) is 2.59. The van der Waals surface area contributed by atoms with Gasteiger partial charge in [-0.3, -0.25) is 0 Å². The first-order valence-electron chi connectivity index (χ1n) is 4.73. The van der Waals surface area contributed by atoms with E-state index >= 15 is 0 Å². The van der Waals surface area contributed by atoms with E-state index in [1.54, 1.807) is 11.3 Å². The summed E-state index contributed by atoms with van der Waals surface area (Å²) in [4.78, 5) is 0. The standard InChI is InChI=1S/C12H12INS/c1-8-3-2-4-9(5-8)12(14)10-6-11(13)15-7-10/h2-7,12H,14H2,1H3. The van der Waals surface area contributed by atoms with Crippen molar-refractivity contribution in [2.24, 2.45) is 5.73 Å². The highest BCUT2D eigenvalue weighted by atomic mass is 127. The van der Waals surface area contributed by atoms with Crippen LogP contribution < -0.4 is 5.73 Å². The monoisotopic (exact) mass is 329 g/mol. The molecule has 1 aromatic carbocycles. The summed E-state index contributed by atoms with van der Waals surface area (Å²) in [7, 11) is 0. The number of thiophene rings is 1. The van der Waals surface area contributed by atoms with Crippen molar-refractivity contribution in [2.75, 3.05) is 0 Å². The van der Waals surface area contributed by atoms with Gasteiger partial charge in [-0.25, -0.2) is 0 Å². The number of rotatable bonds is 2. The lowest BCUT2D eigenvalue weighted by atomic mass is 10.0. The van der Waals surface area contributed by atoms with Crippen LogP contribution in [0.4, 0.5) is 0 Å². The van der Waals surface area contributed by atoms with Crippen LogP contribution in [-0.4, -0.2) is 0 Å². The van der Waals surface area contributed by atoms with Crippen LogP contribution in [0.1, 0.15) is 22.7 Å². The van der Waals surface area contributed by atoms with Crippen LogP contribution in [0, 0.1) is 9.81 Å². The summed E-state index contributed by atoms with van der Waals surface area (Å²) in [6.07, 6.45) is 0. The Bertz CT molecular complexity index is 464. The maximum Gasteiger partial charge on any atom is 0.0656 e. The molecule has 1 nitrogen and oxygen atoms in total. The van der Waals surface area contributed by atoms with Crippen molar-refractivity contribution in [3.63, 3.8) is 0 Å². The molecule has 0 spiro atoms. The van der Waals surface area contributed by atoms with Gasteiger partial charge in [-0.05, 0) is 52.1 Å². The molecule has 0 saturated heterocycles. The molecule has 0 bridgehead atoms. The second-order valence-electron chi connectivity index (χ2n) is 3.58. The van der Waals surface area contributed by atoms with E-state index in [0.717, 1.165) is 0 Å². The van der Waals surface area contributed by atoms with Crippen LogP contribution in [-0.2, 0) is 0 Å². The summed E-state index contributed by atoms with van der Waals surface area (Å²) in [5.74, 6) is 0. The summed E-state index contributed by atoms with van der Waals surface area (Å²) in [5.41, 5.74) is 9.85. The van der Waals surface area contributed by atoms with Crippen molar-refractivity contribution >= 4 is 33.9 Å². The molecule has 0 amide bonds. The SMILES string of the molecule is Cc1cccc(C(N)c2csc(I)c2)c1. The normalized spacial score (nSPS) is 12.7. The molecule has 1 aromatic heterocycles. The van der Waals surface area contributed by atoms with E-state index in [9.17, 15) is 0 Å². The molecule has 1 atom stereocenters. The van der Waals surface area contributed by atoms with Gasteiger partial charge in [0.1, 0.15) is 0 Å². The molecule has 0 aliphatic rings. The Morgan fingerprint density at radius 1 is 1.27 bits per heavy atom. The third-order valence-corrected chi connectivity index (χ3v) is 4.16. The Balaban J connectivity index is 2.32. The maximum atomic E-state index is 6.20. The minimum atomic E-state index is 0.00432. The van der Waals surface area contributed by atoms with Crippen LogP contribution in [0.5, 0.6) is 0 Å². The Hall–Kier alpha value is -0.390. The molecular formula is C12H12INS. The molecule has 15 heavy (non-hydrogen) atoms. The van der Waals surface area contributed by atoms with E-state index in [2.05, 4.69) is 65.2 Å². The van der Waals surface area contributed by atoms with Crippen molar-refractivity contribution < 1.29 is 0 Å². The molecular weight excluding hydrogens is 317 g/mol. The summed E-state index contributed by atoms with van der Waals surface area (Å²) < 4.78 is 1.28. The molecule has 0 aliphatic carbocycles. The average molecular weight is 329 g/mol. The summed E-state index contributed by atoms with van der Waals surface area (Å²) in [5, 5.41) is 2.13. The zero-order chi connectivity index (χ0) is 10.8.